The molecule has 0 aliphatic heterocycles. The van der Waals surface area contributed by atoms with Crippen LogP contribution in [-0.2, 0) is 10.0 Å². The van der Waals surface area contributed by atoms with E-state index in [0.717, 1.165) is 22.3 Å². The van der Waals surface area contributed by atoms with E-state index >= 15 is 0 Å². The monoisotopic (exact) mass is 456 g/mol. The Hall–Kier alpha value is -3.24. The number of nitrogens with zero attached hydrogens (tertiary/aromatic N) is 3. The molecule has 0 saturated heterocycles. The lowest BCUT2D eigenvalue weighted by Crippen LogP contribution is -2.24. The van der Waals surface area contributed by atoms with Crippen molar-refractivity contribution in [3.63, 3.8) is 0 Å². The Morgan fingerprint density at radius 1 is 1.23 bits per heavy atom. The number of aromatic nitrogens is 3. The fraction of sp³-hybridized carbons (Fsp3) is 0.190. The van der Waals surface area contributed by atoms with Gasteiger partial charge in [-0.15, -0.1) is 11.3 Å². The lowest BCUT2D eigenvalue weighted by Gasteiger charge is -2.13. The third-order valence-electron chi connectivity index (χ3n) is 4.99. The van der Waals surface area contributed by atoms with Crippen LogP contribution in [0.15, 0.2) is 53.9 Å². The van der Waals surface area contributed by atoms with Crippen LogP contribution in [0.3, 0.4) is 0 Å². The molecule has 160 valence electrons. The predicted octanol–water partition coefficient (Wildman–Crippen LogP) is 4.39. The number of benzene rings is 2. The summed E-state index contributed by atoms with van der Waals surface area (Å²) in [5.74, 6) is -1.12. The number of carbonyl (C=O) groups is 1. The first-order valence-electron chi connectivity index (χ1n) is 9.59. The number of rotatable bonds is 7. The summed E-state index contributed by atoms with van der Waals surface area (Å²) in [7, 11) is -3.53. The molecule has 0 spiro atoms. The number of carboxylic acid groups (broad SMARTS) is 1. The zero-order valence-electron chi connectivity index (χ0n) is 16.8. The average molecular weight is 457 g/mol. The normalized spacial score (nSPS) is 12.7. The van der Waals surface area contributed by atoms with E-state index in [1.165, 1.54) is 5.38 Å². The molecule has 8 nitrogen and oxygen atoms in total. The highest BCUT2D eigenvalue weighted by Crippen LogP contribution is 2.32. The molecule has 4 rings (SSSR count). The summed E-state index contributed by atoms with van der Waals surface area (Å²) < 4.78 is 29.2. The first-order valence-corrected chi connectivity index (χ1v) is 12.0. The molecule has 0 bridgehead atoms. The van der Waals surface area contributed by atoms with Crippen molar-refractivity contribution in [1.29, 1.82) is 0 Å². The highest BCUT2D eigenvalue weighted by atomic mass is 32.2. The molecule has 10 heteroatoms. The predicted molar refractivity (Wildman–Crippen MR) is 121 cm³/mol. The van der Waals surface area contributed by atoms with E-state index in [9.17, 15) is 18.3 Å². The minimum Gasteiger partial charge on any atom is -0.476 e. The van der Waals surface area contributed by atoms with Crippen LogP contribution < -0.4 is 4.72 Å². The number of thiazole rings is 1. The first kappa shape index (κ1) is 21.0. The fourth-order valence-electron chi connectivity index (χ4n) is 3.08. The van der Waals surface area contributed by atoms with Crippen molar-refractivity contribution in [1.82, 2.24) is 14.8 Å². The summed E-state index contributed by atoms with van der Waals surface area (Å²) in [4.78, 5) is 15.4. The van der Waals surface area contributed by atoms with Crippen molar-refractivity contribution in [2.24, 2.45) is 0 Å². The van der Waals surface area contributed by atoms with Crippen molar-refractivity contribution in [3.05, 3.63) is 59.6 Å². The maximum absolute atomic E-state index is 12.5. The van der Waals surface area contributed by atoms with Crippen LogP contribution in [0.4, 0.5) is 5.69 Å². The van der Waals surface area contributed by atoms with Crippen molar-refractivity contribution in [3.8, 4) is 16.4 Å². The number of hydrogen-bond acceptors (Lipinski definition) is 6. The van der Waals surface area contributed by atoms with Crippen molar-refractivity contribution >= 4 is 43.9 Å². The van der Waals surface area contributed by atoms with Gasteiger partial charge in [0, 0.05) is 16.3 Å². The molecule has 0 aliphatic rings. The van der Waals surface area contributed by atoms with Crippen LogP contribution >= 0.6 is 11.3 Å². The number of hydrogen-bond donors (Lipinski definition) is 2. The largest absolute Gasteiger partial charge is 0.476 e. The van der Waals surface area contributed by atoms with Gasteiger partial charge in [0.15, 0.2) is 5.69 Å². The molecule has 2 aromatic heterocycles. The van der Waals surface area contributed by atoms with E-state index in [0.29, 0.717) is 28.5 Å². The number of fused-ring (bicyclic) bond motifs is 1. The van der Waals surface area contributed by atoms with E-state index in [-0.39, 0.29) is 5.69 Å². The zero-order chi connectivity index (χ0) is 22.2. The van der Waals surface area contributed by atoms with Gasteiger partial charge in [0.1, 0.15) is 5.69 Å². The Kier molecular flexibility index (Phi) is 5.50. The third-order valence-corrected chi connectivity index (χ3v) is 7.71. The van der Waals surface area contributed by atoms with Crippen molar-refractivity contribution in [2.75, 3.05) is 4.72 Å². The van der Waals surface area contributed by atoms with Crippen LogP contribution in [0.5, 0.6) is 0 Å². The molecule has 0 saturated carbocycles. The van der Waals surface area contributed by atoms with E-state index in [4.69, 9.17) is 0 Å². The summed E-state index contributed by atoms with van der Waals surface area (Å²) in [5.41, 5.74) is 2.53. The van der Waals surface area contributed by atoms with Gasteiger partial charge < -0.3 is 5.11 Å². The summed E-state index contributed by atoms with van der Waals surface area (Å²) in [6.07, 6.45) is 0.491. The van der Waals surface area contributed by atoms with Crippen LogP contribution in [0.25, 0.3) is 27.3 Å². The van der Waals surface area contributed by atoms with Gasteiger partial charge in [0.25, 0.3) is 0 Å². The smallest absolute Gasteiger partial charge is 0.355 e. The SMILES string of the molecule is CCC(C)S(=O)(=O)Nc1ccc2c(-c3ccccc3)nn(-c3nc(C(=O)O)cs3)c2c1. The molecule has 1 atom stereocenters. The van der Waals surface area contributed by atoms with E-state index in [2.05, 4.69) is 14.8 Å². The molecule has 2 N–H and O–H groups in total. The maximum atomic E-state index is 12.5. The quantitative estimate of drug-likeness (QED) is 0.426. The van der Waals surface area contributed by atoms with Crippen molar-refractivity contribution in [2.45, 2.75) is 25.5 Å². The number of anilines is 1. The van der Waals surface area contributed by atoms with E-state index < -0.39 is 21.2 Å². The van der Waals surface area contributed by atoms with E-state index in [1.54, 1.807) is 29.8 Å². The Morgan fingerprint density at radius 3 is 2.61 bits per heavy atom. The minimum absolute atomic E-state index is 0.0708. The van der Waals surface area contributed by atoms with Crippen LogP contribution in [0.1, 0.15) is 30.8 Å². The standard InChI is InChI=1S/C21H20N4O4S2/c1-3-13(2)31(28,29)24-15-9-10-16-18(11-15)25(21-22-17(12-30-21)20(26)27)23-19(16)14-7-5-4-6-8-14/h4-13,24H,3H2,1-2H3,(H,26,27). The highest BCUT2D eigenvalue weighted by Gasteiger charge is 2.21. The van der Waals surface area contributed by atoms with Gasteiger partial charge in [-0.2, -0.15) is 5.10 Å². The Bertz CT molecular complexity index is 1360. The molecular formula is C21H20N4O4S2. The second-order valence-electron chi connectivity index (χ2n) is 7.04. The van der Waals surface area contributed by atoms with Crippen LogP contribution in [0.2, 0.25) is 0 Å². The fourth-order valence-corrected chi connectivity index (χ4v) is 4.93. The third kappa shape index (κ3) is 4.04. The molecule has 4 aromatic rings. The molecule has 2 heterocycles. The Morgan fingerprint density at radius 2 is 1.97 bits per heavy atom. The summed E-state index contributed by atoms with van der Waals surface area (Å²) in [6, 6.07) is 14.8. The van der Waals surface area contributed by atoms with Crippen molar-refractivity contribution < 1.29 is 18.3 Å². The second-order valence-corrected chi connectivity index (χ2v) is 9.98. The van der Waals surface area contributed by atoms with Gasteiger partial charge in [-0.3, -0.25) is 4.72 Å². The molecule has 31 heavy (non-hydrogen) atoms. The first-order chi connectivity index (χ1) is 14.8. The summed E-state index contributed by atoms with van der Waals surface area (Å²) in [6.45, 7) is 3.47. The Labute approximate surface area is 183 Å². The van der Waals surface area contributed by atoms with Gasteiger partial charge >= 0.3 is 5.97 Å². The lowest BCUT2D eigenvalue weighted by molar-refractivity contribution is 0.0691. The summed E-state index contributed by atoms with van der Waals surface area (Å²) >= 11 is 1.15. The number of carboxylic acids is 1. The van der Waals surface area contributed by atoms with Gasteiger partial charge in [0.05, 0.1) is 16.5 Å². The molecule has 0 fully saturated rings. The van der Waals surface area contributed by atoms with Gasteiger partial charge in [-0.1, -0.05) is 37.3 Å². The van der Waals surface area contributed by atoms with Gasteiger partial charge in [0.2, 0.25) is 15.2 Å². The van der Waals surface area contributed by atoms with E-state index in [1.807, 2.05) is 37.3 Å². The lowest BCUT2D eigenvalue weighted by atomic mass is 10.1. The van der Waals surface area contributed by atoms with Gasteiger partial charge in [-0.05, 0) is 31.5 Å². The number of sulfonamides is 1. The molecule has 2 aromatic carbocycles. The number of nitrogens with one attached hydrogen (secondary N) is 1. The number of aromatic carboxylic acids is 1. The van der Waals surface area contributed by atoms with Gasteiger partial charge in [-0.25, -0.2) is 22.9 Å². The van der Waals surface area contributed by atoms with Crippen LogP contribution in [0, 0.1) is 0 Å². The molecule has 0 radical (unpaired) electrons. The second kappa shape index (κ2) is 8.12. The topological polar surface area (TPSA) is 114 Å². The minimum atomic E-state index is -3.53. The highest BCUT2D eigenvalue weighted by molar-refractivity contribution is 7.93. The Balaban J connectivity index is 1.89. The molecule has 0 amide bonds. The molecular weight excluding hydrogens is 436 g/mol. The zero-order valence-corrected chi connectivity index (χ0v) is 18.4. The van der Waals surface area contributed by atoms with Crippen LogP contribution in [-0.4, -0.2) is 39.5 Å². The average Bonchev–Trinajstić information content (AvgIpc) is 3.38. The maximum Gasteiger partial charge on any atom is 0.355 e. The molecule has 0 aliphatic carbocycles. The molecule has 1 unspecified atom stereocenters. The summed E-state index contributed by atoms with van der Waals surface area (Å²) in [5, 5.41) is 16.0.